The van der Waals surface area contributed by atoms with Crippen LogP contribution in [0.2, 0.25) is 0 Å². The van der Waals surface area contributed by atoms with Crippen molar-refractivity contribution in [3.05, 3.63) is 57.5 Å². The number of carbonyl (C=O) groups excluding carboxylic acids is 2. The number of nitrogens with zero attached hydrogens (tertiary/aromatic N) is 5. The molecule has 1 N–H and O–H groups in total. The van der Waals surface area contributed by atoms with Gasteiger partial charge in [0.05, 0.1) is 12.1 Å². The van der Waals surface area contributed by atoms with E-state index in [0.717, 1.165) is 4.90 Å². The van der Waals surface area contributed by atoms with E-state index in [1.165, 1.54) is 47.1 Å². The number of ether oxygens (including phenoxy) is 1. The molecule has 1 aliphatic heterocycles. The number of hydrogen-bond acceptors (Lipinski definition) is 7. The van der Waals surface area contributed by atoms with E-state index in [1.54, 1.807) is 22.9 Å². The van der Waals surface area contributed by atoms with Gasteiger partial charge >= 0.3 is 12.6 Å². The number of aromatic nitrogens is 4. The quantitative estimate of drug-likeness (QED) is 0.444. The summed E-state index contributed by atoms with van der Waals surface area (Å²) >= 11 is 1.27. The van der Waals surface area contributed by atoms with Crippen molar-refractivity contribution in [2.75, 3.05) is 0 Å². The van der Waals surface area contributed by atoms with Crippen LogP contribution in [0.15, 0.2) is 40.5 Å². The number of carbonyl (C=O) groups is 2. The molecule has 5 rings (SSSR count). The van der Waals surface area contributed by atoms with Gasteiger partial charge in [0.1, 0.15) is 16.0 Å². The predicted octanol–water partition coefficient (Wildman–Crippen LogP) is 2.21. The van der Waals surface area contributed by atoms with Crippen molar-refractivity contribution in [2.24, 2.45) is 7.05 Å². The number of alkyl halides is 2. The number of fused-ring (bicyclic) bond motifs is 3. The van der Waals surface area contributed by atoms with Crippen molar-refractivity contribution in [3.63, 3.8) is 0 Å². The van der Waals surface area contributed by atoms with E-state index in [2.05, 4.69) is 20.3 Å². The summed E-state index contributed by atoms with van der Waals surface area (Å²) in [5.74, 6) is -0.0211. The molecule has 0 saturated carbocycles. The van der Waals surface area contributed by atoms with Crippen LogP contribution in [0.1, 0.15) is 18.3 Å². The highest BCUT2D eigenvalue weighted by atomic mass is 32.1. The summed E-state index contributed by atoms with van der Waals surface area (Å²) in [5.41, 5.74) is -0.639. The molecular formula is C20H16F2N6O4S. The predicted molar refractivity (Wildman–Crippen MR) is 113 cm³/mol. The molecule has 1 aliphatic rings. The zero-order valence-corrected chi connectivity index (χ0v) is 18.1. The number of imide groups is 1. The van der Waals surface area contributed by atoms with Gasteiger partial charge in [0.2, 0.25) is 5.78 Å². The van der Waals surface area contributed by atoms with Crippen molar-refractivity contribution in [1.29, 1.82) is 0 Å². The first-order valence-electron chi connectivity index (χ1n) is 9.70. The molecule has 1 atom stereocenters. The summed E-state index contributed by atoms with van der Waals surface area (Å²) in [6.07, 6.45) is 0. The fourth-order valence-electron chi connectivity index (χ4n) is 3.90. The van der Waals surface area contributed by atoms with Gasteiger partial charge in [-0.2, -0.15) is 8.78 Å². The summed E-state index contributed by atoms with van der Waals surface area (Å²) in [5, 5.41) is 12.6. The van der Waals surface area contributed by atoms with E-state index in [9.17, 15) is 23.2 Å². The van der Waals surface area contributed by atoms with Gasteiger partial charge in [-0.3, -0.25) is 23.5 Å². The fourth-order valence-corrected chi connectivity index (χ4v) is 4.75. The number of thiophene rings is 1. The Hall–Kier alpha value is -3.87. The van der Waals surface area contributed by atoms with Crippen molar-refractivity contribution >= 4 is 39.3 Å². The van der Waals surface area contributed by atoms with E-state index >= 15 is 0 Å². The Morgan fingerprint density at radius 1 is 1.15 bits per heavy atom. The van der Waals surface area contributed by atoms with Crippen LogP contribution < -0.4 is 15.6 Å². The molecule has 4 heterocycles. The molecule has 0 radical (unpaired) electrons. The van der Waals surface area contributed by atoms with Crippen LogP contribution in [0.5, 0.6) is 5.75 Å². The third-order valence-corrected chi connectivity index (χ3v) is 6.52. The zero-order chi connectivity index (χ0) is 23.5. The van der Waals surface area contributed by atoms with Gasteiger partial charge in [0.15, 0.2) is 5.82 Å². The standard InChI is InChI=1S/C20H16F2N6O4S/c1-20(10-3-5-11(6-4-10)32-17(21)22)16(30)27(19(31)23-20)9-13-24-25-18-26(2)15(29)14-12(28(13)18)7-8-33-14/h3-8,17H,9H2,1-2H3,(H,23,31)/t20-/m0/s1. The van der Waals surface area contributed by atoms with Gasteiger partial charge in [-0.1, -0.05) is 12.1 Å². The molecule has 10 nitrogen and oxygen atoms in total. The lowest BCUT2D eigenvalue weighted by molar-refractivity contribution is -0.131. The van der Waals surface area contributed by atoms with Gasteiger partial charge < -0.3 is 10.1 Å². The van der Waals surface area contributed by atoms with Crippen LogP contribution in [0.4, 0.5) is 13.6 Å². The van der Waals surface area contributed by atoms with Gasteiger partial charge in [-0.15, -0.1) is 21.5 Å². The second-order valence-electron chi connectivity index (χ2n) is 7.60. The molecule has 1 aromatic carbocycles. The second kappa shape index (κ2) is 7.33. The van der Waals surface area contributed by atoms with Crippen molar-refractivity contribution in [2.45, 2.75) is 25.6 Å². The number of amides is 3. The minimum atomic E-state index is -2.97. The van der Waals surface area contributed by atoms with E-state index < -0.39 is 24.1 Å². The topological polar surface area (TPSA) is 111 Å². The Morgan fingerprint density at radius 2 is 1.88 bits per heavy atom. The molecule has 0 unspecified atom stereocenters. The molecule has 0 bridgehead atoms. The third-order valence-electron chi connectivity index (χ3n) is 5.63. The summed E-state index contributed by atoms with van der Waals surface area (Å²) in [4.78, 5) is 39.5. The van der Waals surface area contributed by atoms with Crippen LogP contribution in [-0.2, 0) is 23.9 Å². The highest BCUT2D eigenvalue weighted by molar-refractivity contribution is 7.17. The van der Waals surface area contributed by atoms with E-state index in [4.69, 9.17) is 0 Å². The average Bonchev–Trinajstić information content (AvgIpc) is 3.46. The Kier molecular flexibility index (Phi) is 4.67. The number of halogens is 2. The molecule has 1 saturated heterocycles. The summed E-state index contributed by atoms with van der Waals surface area (Å²) in [6, 6.07) is 6.59. The maximum atomic E-state index is 13.3. The summed E-state index contributed by atoms with van der Waals surface area (Å²) in [6.45, 7) is -1.63. The van der Waals surface area contributed by atoms with Gasteiger partial charge in [-0.25, -0.2) is 4.79 Å². The van der Waals surface area contributed by atoms with Crippen LogP contribution in [0.25, 0.3) is 16.0 Å². The van der Waals surface area contributed by atoms with E-state index in [1.807, 2.05) is 0 Å². The fraction of sp³-hybridized carbons (Fsp3) is 0.250. The number of rotatable bonds is 5. The lowest BCUT2D eigenvalue weighted by atomic mass is 9.92. The molecule has 0 spiro atoms. The van der Waals surface area contributed by atoms with E-state index in [-0.39, 0.29) is 23.6 Å². The van der Waals surface area contributed by atoms with Crippen LogP contribution in [-0.4, -0.2) is 42.6 Å². The van der Waals surface area contributed by atoms with Crippen LogP contribution in [0, 0.1) is 0 Å². The molecule has 3 amide bonds. The number of urea groups is 1. The largest absolute Gasteiger partial charge is 0.435 e. The SMILES string of the molecule is Cn1c(=O)c2sccc2n2c(CN3C(=O)N[C@@](C)(c4ccc(OC(F)F)cc4)C3=O)nnc12. The van der Waals surface area contributed by atoms with Crippen LogP contribution >= 0.6 is 11.3 Å². The Bertz CT molecular complexity index is 1480. The monoisotopic (exact) mass is 474 g/mol. The summed E-state index contributed by atoms with van der Waals surface area (Å²) in [7, 11) is 1.57. The number of aryl methyl sites for hydroxylation is 1. The van der Waals surface area contributed by atoms with Gasteiger partial charge in [-0.05, 0) is 36.1 Å². The minimum Gasteiger partial charge on any atom is -0.435 e. The number of hydrogen-bond donors (Lipinski definition) is 1. The maximum Gasteiger partial charge on any atom is 0.387 e. The lowest BCUT2D eigenvalue weighted by Gasteiger charge is -2.22. The Labute approximate surface area is 188 Å². The van der Waals surface area contributed by atoms with Gasteiger partial charge in [0.25, 0.3) is 11.5 Å². The molecular weight excluding hydrogens is 458 g/mol. The van der Waals surface area contributed by atoms with Crippen molar-refractivity contribution in [1.82, 2.24) is 29.4 Å². The molecule has 4 aromatic rings. The smallest absolute Gasteiger partial charge is 0.387 e. The van der Waals surface area contributed by atoms with Gasteiger partial charge in [0, 0.05) is 7.05 Å². The van der Waals surface area contributed by atoms with Crippen molar-refractivity contribution < 1.29 is 23.1 Å². The molecule has 33 heavy (non-hydrogen) atoms. The Morgan fingerprint density at radius 3 is 2.58 bits per heavy atom. The molecule has 13 heteroatoms. The molecule has 3 aromatic heterocycles. The zero-order valence-electron chi connectivity index (χ0n) is 17.3. The highest BCUT2D eigenvalue weighted by Gasteiger charge is 2.49. The Balaban J connectivity index is 1.49. The number of benzene rings is 1. The molecule has 1 fully saturated rings. The maximum absolute atomic E-state index is 13.3. The normalized spacial score (nSPS) is 18.6. The van der Waals surface area contributed by atoms with E-state index in [0.29, 0.717) is 21.6 Å². The highest BCUT2D eigenvalue weighted by Crippen LogP contribution is 2.31. The van der Waals surface area contributed by atoms with Crippen LogP contribution in [0.3, 0.4) is 0 Å². The lowest BCUT2D eigenvalue weighted by Crippen LogP contribution is -2.40. The summed E-state index contributed by atoms with van der Waals surface area (Å²) < 4.78 is 32.6. The molecule has 0 aliphatic carbocycles. The first-order chi connectivity index (χ1) is 15.7. The average molecular weight is 474 g/mol. The minimum absolute atomic E-state index is 0.0636. The first kappa shape index (κ1) is 21.0. The first-order valence-corrected chi connectivity index (χ1v) is 10.6. The third kappa shape index (κ3) is 3.15. The second-order valence-corrected chi connectivity index (χ2v) is 8.52. The van der Waals surface area contributed by atoms with Crippen molar-refractivity contribution in [3.8, 4) is 5.75 Å². The molecule has 170 valence electrons. The number of nitrogens with one attached hydrogen (secondary N) is 1.